The van der Waals surface area contributed by atoms with Crippen LogP contribution in [0.1, 0.15) is 27.5 Å². The predicted octanol–water partition coefficient (Wildman–Crippen LogP) is 3.11. The number of thioether (sulfide) groups is 1. The van der Waals surface area contributed by atoms with Crippen LogP contribution in [0.15, 0.2) is 59.4 Å². The van der Waals surface area contributed by atoms with Gasteiger partial charge in [-0.05, 0) is 25.0 Å². The van der Waals surface area contributed by atoms with Crippen molar-refractivity contribution in [3.8, 4) is 0 Å². The van der Waals surface area contributed by atoms with Crippen LogP contribution in [-0.4, -0.2) is 45.7 Å². The highest BCUT2D eigenvalue weighted by molar-refractivity contribution is 7.98. The lowest BCUT2D eigenvalue weighted by atomic mass is 10.2. The first-order chi connectivity index (χ1) is 14.3. The summed E-state index contributed by atoms with van der Waals surface area (Å²) in [7, 11) is 0. The third-order valence-corrected chi connectivity index (χ3v) is 5.85. The number of carbonyl (C=O) groups excluding carboxylic acids is 1. The number of nitrogens with zero attached hydrogens (tertiary/aromatic N) is 3. The first kappa shape index (κ1) is 21.1. The highest BCUT2D eigenvalue weighted by Crippen LogP contribution is 2.13. The maximum absolute atomic E-state index is 12.5. The van der Waals surface area contributed by atoms with Gasteiger partial charge in [0.05, 0.1) is 18.6 Å². The summed E-state index contributed by atoms with van der Waals surface area (Å²) < 4.78 is 0. The Kier molecular flexibility index (Phi) is 8.74. The zero-order chi connectivity index (χ0) is 20.2. The molecule has 3 aromatic rings. The van der Waals surface area contributed by atoms with E-state index < -0.39 is 0 Å². The van der Waals surface area contributed by atoms with E-state index in [1.165, 1.54) is 0 Å². The number of hydrogen-bond acceptors (Lipinski definition) is 6. The SMILES string of the molecule is O=C(N/C(=N\CCSCc1nccs1)NCCCc1c[nH]cn1)c1ccccc1. The van der Waals surface area contributed by atoms with Gasteiger partial charge in [-0.25, -0.2) is 9.97 Å². The van der Waals surface area contributed by atoms with E-state index in [1.54, 1.807) is 41.6 Å². The number of benzene rings is 1. The maximum atomic E-state index is 12.5. The summed E-state index contributed by atoms with van der Waals surface area (Å²) >= 11 is 3.44. The molecule has 1 aromatic carbocycles. The molecule has 0 fully saturated rings. The van der Waals surface area contributed by atoms with Crippen LogP contribution >= 0.6 is 23.1 Å². The smallest absolute Gasteiger partial charge is 0.257 e. The van der Waals surface area contributed by atoms with Crippen LogP contribution in [0.2, 0.25) is 0 Å². The van der Waals surface area contributed by atoms with Gasteiger partial charge in [0.25, 0.3) is 5.91 Å². The number of amides is 1. The molecule has 1 amide bonds. The molecule has 0 unspecified atom stereocenters. The first-order valence-corrected chi connectivity index (χ1v) is 11.4. The van der Waals surface area contributed by atoms with Crippen LogP contribution in [0.25, 0.3) is 0 Å². The van der Waals surface area contributed by atoms with Crippen molar-refractivity contribution in [3.63, 3.8) is 0 Å². The van der Waals surface area contributed by atoms with Gasteiger partial charge < -0.3 is 10.3 Å². The topological polar surface area (TPSA) is 95.1 Å². The van der Waals surface area contributed by atoms with Gasteiger partial charge in [-0.15, -0.1) is 11.3 Å². The number of aliphatic imine (C=N–C) groups is 1. The first-order valence-electron chi connectivity index (χ1n) is 9.40. The monoisotopic (exact) mass is 428 g/mol. The molecule has 9 heteroatoms. The van der Waals surface area contributed by atoms with Crippen molar-refractivity contribution in [2.45, 2.75) is 18.6 Å². The molecule has 0 spiro atoms. The van der Waals surface area contributed by atoms with E-state index in [0.29, 0.717) is 24.6 Å². The molecule has 0 aliphatic carbocycles. The van der Waals surface area contributed by atoms with E-state index in [9.17, 15) is 4.79 Å². The van der Waals surface area contributed by atoms with Crippen molar-refractivity contribution in [3.05, 3.63) is 70.7 Å². The molecular weight excluding hydrogens is 404 g/mol. The minimum absolute atomic E-state index is 0.167. The molecule has 2 aromatic heterocycles. The quantitative estimate of drug-likeness (QED) is 0.262. The van der Waals surface area contributed by atoms with Gasteiger partial charge in [0.15, 0.2) is 5.96 Å². The Labute approximate surface area is 178 Å². The number of guanidine groups is 1. The number of rotatable bonds is 10. The van der Waals surface area contributed by atoms with Gasteiger partial charge in [-0.3, -0.25) is 15.1 Å². The summed E-state index contributed by atoms with van der Waals surface area (Å²) in [5.74, 6) is 2.09. The summed E-state index contributed by atoms with van der Waals surface area (Å²) in [5, 5.41) is 9.24. The molecule has 3 N–H and O–H groups in total. The van der Waals surface area contributed by atoms with E-state index >= 15 is 0 Å². The number of nitrogens with one attached hydrogen (secondary N) is 3. The molecule has 3 rings (SSSR count). The third kappa shape index (κ3) is 7.71. The molecule has 7 nitrogen and oxygen atoms in total. The van der Waals surface area contributed by atoms with Gasteiger partial charge in [0, 0.05) is 41.4 Å². The number of H-pyrrole nitrogens is 1. The van der Waals surface area contributed by atoms with Gasteiger partial charge in [-0.2, -0.15) is 11.8 Å². The lowest BCUT2D eigenvalue weighted by Gasteiger charge is -2.11. The summed E-state index contributed by atoms with van der Waals surface area (Å²) in [6.07, 6.45) is 7.15. The Bertz CT molecular complexity index is 866. The van der Waals surface area contributed by atoms with Crippen LogP contribution in [0, 0.1) is 0 Å². The molecule has 2 heterocycles. The fourth-order valence-electron chi connectivity index (χ4n) is 2.52. The number of carbonyl (C=O) groups is 1. The van der Waals surface area contributed by atoms with Crippen LogP contribution in [0.3, 0.4) is 0 Å². The van der Waals surface area contributed by atoms with E-state index in [1.807, 2.05) is 36.0 Å². The average molecular weight is 429 g/mol. The zero-order valence-corrected chi connectivity index (χ0v) is 17.6. The largest absolute Gasteiger partial charge is 0.356 e. The lowest BCUT2D eigenvalue weighted by Crippen LogP contribution is -2.41. The summed E-state index contributed by atoms with van der Waals surface area (Å²) in [6, 6.07) is 9.15. The van der Waals surface area contributed by atoms with Crippen molar-refractivity contribution in [1.29, 1.82) is 0 Å². The Morgan fingerprint density at radius 3 is 2.90 bits per heavy atom. The minimum atomic E-state index is -0.167. The molecule has 0 bridgehead atoms. The van der Waals surface area contributed by atoms with E-state index in [0.717, 1.165) is 35.0 Å². The van der Waals surface area contributed by atoms with Crippen molar-refractivity contribution in [2.24, 2.45) is 4.99 Å². The molecule has 29 heavy (non-hydrogen) atoms. The summed E-state index contributed by atoms with van der Waals surface area (Å²) in [4.78, 5) is 28.5. The number of thiazole rings is 1. The van der Waals surface area contributed by atoms with Crippen LogP contribution < -0.4 is 10.6 Å². The van der Waals surface area contributed by atoms with Gasteiger partial charge >= 0.3 is 0 Å². The Balaban J connectivity index is 1.47. The zero-order valence-electron chi connectivity index (χ0n) is 16.0. The summed E-state index contributed by atoms with van der Waals surface area (Å²) in [5.41, 5.74) is 1.63. The minimum Gasteiger partial charge on any atom is -0.356 e. The molecule has 0 saturated heterocycles. The van der Waals surface area contributed by atoms with Gasteiger partial charge in [0.1, 0.15) is 5.01 Å². The Morgan fingerprint density at radius 2 is 2.14 bits per heavy atom. The Morgan fingerprint density at radius 1 is 1.24 bits per heavy atom. The molecule has 152 valence electrons. The molecule has 0 saturated carbocycles. The highest BCUT2D eigenvalue weighted by atomic mass is 32.2. The fourth-order valence-corrected chi connectivity index (χ4v) is 4.06. The van der Waals surface area contributed by atoms with Crippen LogP contribution in [0.5, 0.6) is 0 Å². The van der Waals surface area contributed by atoms with Crippen LogP contribution in [0.4, 0.5) is 0 Å². The second-order valence-electron chi connectivity index (χ2n) is 6.12. The normalized spacial score (nSPS) is 11.4. The molecule has 0 radical (unpaired) electrons. The maximum Gasteiger partial charge on any atom is 0.257 e. The second kappa shape index (κ2) is 12.0. The molecule has 0 aliphatic rings. The number of aromatic amines is 1. The second-order valence-corrected chi connectivity index (χ2v) is 8.20. The van der Waals surface area contributed by atoms with E-state index in [4.69, 9.17) is 0 Å². The third-order valence-electron chi connectivity index (χ3n) is 3.94. The predicted molar refractivity (Wildman–Crippen MR) is 119 cm³/mol. The number of imidazole rings is 1. The van der Waals surface area contributed by atoms with Crippen molar-refractivity contribution in [1.82, 2.24) is 25.6 Å². The van der Waals surface area contributed by atoms with E-state index in [2.05, 4.69) is 30.6 Å². The number of aryl methyl sites for hydroxylation is 1. The number of hydrogen-bond donors (Lipinski definition) is 3. The van der Waals surface area contributed by atoms with Crippen LogP contribution in [-0.2, 0) is 12.2 Å². The Hall–Kier alpha value is -2.65. The van der Waals surface area contributed by atoms with E-state index in [-0.39, 0.29) is 5.91 Å². The summed E-state index contributed by atoms with van der Waals surface area (Å²) in [6.45, 7) is 1.32. The highest BCUT2D eigenvalue weighted by Gasteiger charge is 2.08. The van der Waals surface area contributed by atoms with Crippen molar-refractivity contribution < 1.29 is 4.79 Å². The molecular formula is C20H24N6OS2. The van der Waals surface area contributed by atoms with Gasteiger partial charge in [-0.1, -0.05) is 18.2 Å². The average Bonchev–Trinajstić information content (AvgIpc) is 3.45. The fraction of sp³-hybridized carbons (Fsp3) is 0.300. The lowest BCUT2D eigenvalue weighted by molar-refractivity contribution is 0.0975. The van der Waals surface area contributed by atoms with Crippen molar-refractivity contribution in [2.75, 3.05) is 18.8 Å². The standard InChI is InChI=1S/C20H24N6OS2/c27-19(16-5-2-1-3-6-16)26-20(23-8-4-7-17-13-21-15-25-17)24-9-11-28-14-18-22-10-12-29-18/h1-3,5-6,10,12-13,15H,4,7-9,11,14H2,(H,21,25)(H2,23,24,26,27). The molecule has 0 aliphatic heterocycles. The van der Waals surface area contributed by atoms with Gasteiger partial charge in [0.2, 0.25) is 0 Å². The number of aromatic nitrogens is 3. The molecule has 0 atom stereocenters. The van der Waals surface area contributed by atoms with Crippen molar-refractivity contribution >= 4 is 35.0 Å².